The van der Waals surface area contributed by atoms with E-state index in [1.165, 1.54) is 27.8 Å². The predicted octanol–water partition coefficient (Wildman–Crippen LogP) is 4.49. The molecule has 1 unspecified atom stereocenters. The van der Waals surface area contributed by atoms with Crippen LogP contribution in [0, 0.1) is 0 Å². The number of nitrogens with zero attached hydrogens (tertiary/aromatic N) is 6. The third kappa shape index (κ3) is 4.92. The first-order valence-corrected chi connectivity index (χ1v) is 13.2. The number of amides is 1. The minimum absolute atomic E-state index is 0.0665. The number of hydrogen-bond donors (Lipinski definition) is 1. The fourth-order valence-corrected chi connectivity index (χ4v) is 5.79. The van der Waals surface area contributed by atoms with Crippen molar-refractivity contribution in [3.8, 4) is 5.69 Å². The lowest BCUT2D eigenvalue weighted by Crippen LogP contribution is -2.57. The van der Waals surface area contributed by atoms with E-state index < -0.39 is 17.8 Å². The zero-order chi connectivity index (χ0) is 27.1. The molecule has 5 aromatic rings. The lowest BCUT2D eigenvalue weighted by molar-refractivity contribution is -0.137. The van der Waals surface area contributed by atoms with E-state index in [0.29, 0.717) is 48.7 Å². The summed E-state index contributed by atoms with van der Waals surface area (Å²) in [6.45, 7) is 2.17. The Labute approximate surface area is 225 Å². The van der Waals surface area contributed by atoms with E-state index >= 15 is 0 Å². The zero-order valence-electron chi connectivity index (χ0n) is 20.9. The number of alkyl halides is 3. The number of nitrogens with one attached hydrogen (secondary N) is 1. The van der Waals surface area contributed by atoms with E-state index in [9.17, 15) is 18.0 Å². The van der Waals surface area contributed by atoms with Crippen LogP contribution in [0.5, 0.6) is 0 Å². The van der Waals surface area contributed by atoms with Crippen LogP contribution in [0.1, 0.15) is 11.1 Å². The molecule has 0 radical (unpaired) electrons. The molecule has 0 bridgehead atoms. The highest BCUT2D eigenvalue weighted by atomic mass is 32.1. The number of piperazine rings is 1. The van der Waals surface area contributed by atoms with Crippen molar-refractivity contribution in [2.75, 3.05) is 31.6 Å². The minimum Gasteiger partial charge on any atom is -0.353 e. The number of halogens is 3. The number of hydrogen-bond acceptors (Lipinski definition) is 7. The van der Waals surface area contributed by atoms with Crippen LogP contribution in [0.15, 0.2) is 66.4 Å². The highest BCUT2D eigenvalue weighted by molar-refractivity contribution is 7.17. The van der Waals surface area contributed by atoms with Crippen molar-refractivity contribution >= 4 is 44.2 Å². The summed E-state index contributed by atoms with van der Waals surface area (Å²) in [5.41, 5.74) is 1.26. The molecule has 6 rings (SSSR count). The van der Waals surface area contributed by atoms with Crippen LogP contribution in [0.3, 0.4) is 0 Å². The Bertz CT molecular complexity index is 1650. The summed E-state index contributed by atoms with van der Waals surface area (Å²) in [5.74, 6) is 0.566. The number of likely N-dealkylation sites (N-methyl/N-ethyl adjacent to an activating group) is 1. The van der Waals surface area contributed by atoms with Gasteiger partial charge in [-0.05, 0) is 53.7 Å². The summed E-state index contributed by atoms with van der Waals surface area (Å²) < 4.78 is 41.6. The van der Waals surface area contributed by atoms with Crippen molar-refractivity contribution in [3.63, 3.8) is 0 Å². The molecule has 1 saturated heterocycles. The Morgan fingerprint density at radius 2 is 1.87 bits per heavy atom. The Balaban J connectivity index is 1.21. The Morgan fingerprint density at radius 1 is 1.08 bits per heavy atom. The normalized spacial score (nSPS) is 16.7. The van der Waals surface area contributed by atoms with Gasteiger partial charge in [-0.3, -0.25) is 9.69 Å². The predicted molar refractivity (Wildman–Crippen MR) is 144 cm³/mol. The van der Waals surface area contributed by atoms with Crippen LogP contribution in [0.25, 0.3) is 26.8 Å². The number of aromatic nitrogens is 4. The van der Waals surface area contributed by atoms with Gasteiger partial charge in [0, 0.05) is 37.1 Å². The van der Waals surface area contributed by atoms with Gasteiger partial charge >= 0.3 is 6.18 Å². The molecule has 39 heavy (non-hydrogen) atoms. The maximum Gasteiger partial charge on any atom is 0.416 e. The summed E-state index contributed by atoms with van der Waals surface area (Å²) in [5, 5.41) is 11.4. The SMILES string of the molecule is CN1CCN(c2ncnc3nn(-c4ccc(C(F)(F)F)cc4)cc23)CC1C(=O)NCc1csc2ccccc12. The van der Waals surface area contributed by atoms with E-state index in [-0.39, 0.29) is 5.91 Å². The van der Waals surface area contributed by atoms with Crippen LogP contribution in [-0.4, -0.2) is 63.3 Å². The molecular weight excluding hydrogens is 527 g/mol. The monoisotopic (exact) mass is 551 g/mol. The van der Waals surface area contributed by atoms with Gasteiger partial charge in [-0.1, -0.05) is 18.2 Å². The van der Waals surface area contributed by atoms with Gasteiger partial charge < -0.3 is 10.2 Å². The van der Waals surface area contributed by atoms with Gasteiger partial charge in [-0.25, -0.2) is 14.6 Å². The second-order valence-electron chi connectivity index (χ2n) is 9.47. The second kappa shape index (κ2) is 9.93. The lowest BCUT2D eigenvalue weighted by atomic mass is 10.1. The van der Waals surface area contributed by atoms with Crippen molar-refractivity contribution in [2.45, 2.75) is 18.8 Å². The highest BCUT2D eigenvalue weighted by Crippen LogP contribution is 2.31. The Hall–Kier alpha value is -4.03. The van der Waals surface area contributed by atoms with Crippen LogP contribution in [-0.2, 0) is 17.5 Å². The zero-order valence-corrected chi connectivity index (χ0v) is 21.7. The van der Waals surface area contributed by atoms with Crippen molar-refractivity contribution < 1.29 is 18.0 Å². The molecule has 8 nitrogen and oxygen atoms in total. The number of anilines is 1. The maximum absolute atomic E-state index is 13.3. The summed E-state index contributed by atoms with van der Waals surface area (Å²) in [7, 11) is 1.93. The number of thiophene rings is 1. The number of carbonyl (C=O) groups excluding carboxylic acids is 1. The Kier molecular flexibility index (Phi) is 6.43. The highest BCUT2D eigenvalue weighted by Gasteiger charge is 2.32. The quantitative estimate of drug-likeness (QED) is 0.347. The third-order valence-electron chi connectivity index (χ3n) is 7.02. The van der Waals surface area contributed by atoms with Crippen LogP contribution < -0.4 is 10.2 Å². The number of carbonyl (C=O) groups is 1. The molecule has 4 heterocycles. The lowest BCUT2D eigenvalue weighted by Gasteiger charge is -2.39. The maximum atomic E-state index is 13.3. The van der Waals surface area contributed by atoms with Gasteiger partial charge in [0.2, 0.25) is 5.91 Å². The molecule has 0 spiro atoms. The summed E-state index contributed by atoms with van der Waals surface area (Å²) in [6, 6.07) is 12.5. The number of fused-ring (bicyclic) bond motifs is 2. The molecule has 1 aliphatic heterocycles. The molecule has 0 saturated carbocycles. The molecule has 1 amide bonds. The molecule has 200 valence electrons. The molecular formula is C27H24F3N7OS. The van der Waals surface area contributed by atoms with Crippen molar-refractivity contribution in [2.24, 2.45) is 0 Å². The fraction of sp³-hybridized carbons (Fsp3) is 0.259. The standard InChI is InChI=1S/C27H24F3N7OS/c1-35-10-11-36(14-22(35)26(38)31-12-17-15-39-23-5-3-2-4-20(17)23)25-21-13-37(34-24(21)32-16-33-25)19-8-6-18(7-9-19)27(28,29)30/h2-9,13,15-16,22H,10-12,14H2,1H3,(H,31,38). The van der Waals surface area contributed by atoms with Gasteiger partial charge in [-0.2, -0.15) is 13.2 Å². The summed E-state index contributed by atoms with van der Waals surface area (Å²) >= 11 is 1.66. The first-order chi connectivity index (χ1) is 18.8. The summed E-state index contributed by atoms with van der Waals surface area (Å²) in [4.78, 5) is 26.1. The van der Waals surface area contributed by atoms with Gasteiger partial charge in [0.1, 0.15) is 18.2 Å². The molecule has 0 aliphatic carbocycles. The van der Waals surface area contributed by atoms with Crippen molar-refractivity contribution in [1.82, 2.24) is 30.0 Å². The molecule has 12 heteroatoms. The average Bonchev–Trinajstić information content (AvgIpc) is 3.56. The molecule has 1 atom stereocenters. The van der Waals surface area contributed by atoms with Gasteiger partial charge in [-0.15, -0.1) is 16.4 Å². The molecule has 1 aliphatic rings. The van der Waals surface area contributed by atoms with Crippen LogP contribution in [0.4, 0.5) is 19.0 Å². The smallest absolute Gasteiger partial charge is 0.353 e. The summed E-state index contributed by atoms with van der Waals surface area (Å²) in [6.07, 6.45) is -1.28. The second-order valence-corrected chi connectivity index (χ2v) is 10.4. The molecule has 3 aromatic heterocycles. The van der Waals surface area contributed by atoms with Gasteiger partial charge in [0.25, 0.3) is 0 Å². The third-order valence-corrected chi connectivity index (χ3v) is 8.03. The van der Waals surface area contributed by atoms with Crippen LogP contribution >= 0.6 is 11.3 Å². The van der Waals surface area contributed by atoms with E-state index in [2.05, 4.69) is 37.9 Å². The number of rotatable bonds is 5. The first-order valence-electron chi connectivity index (χ1n) is 12.3. The molecule has 2 aromatic carbocycles. The van der Waals surface area contributed by atoms with Crippen molar-refractivity contribution in [3.05, 3.63) is 77.6 Å². The number of benzene rings is 2. The van der Waals surface area contributed by atoms with Gasteiger partial charge in [0.05, 0.1) is 16.6 Å². The molecule has 1 N–H and O–H groups in total. The fourth-order valence-electron chi connectivity index (χ4n) is 4.83. The van der Waals surface area contributed by atoms with E-state index in [4.69, 9.17) is 0 Å². The average molecular weight is 552 g/mol. The first kappa shape index (κ1) is 25.3. The largest absolute Gasteiger partial charge is 0.416 e. The Morgan fingerprint density at radius 3 is 2.67 bits per heavy atom. The van der Waals surface area contributed by atoms with E-state index in [1.807, 2.05) is 29.0 Å². The van der Waals surface area contributed by atoms with Gasteiger partial charge in [0.15, 0.2) is 5.65 Å². The van der Waals surface area contributed by atoms with Crippen LogP contribution in [0.2, 0.25) is 0 Å². The minimum atomic E-state index is -4.41. The van der Waals surface area contributed by atoms with E-state index in [0.717, 1.165) is 23.1 Å². The molecule has 1 fully saturated rings. The van der Waals surface area contributed by atoms with Crippen molar-refractivity contribution in [1.29, 1.82) is 0 Å². The van der Waals surface area contributed by atoms with E-state index in [1.54, 1.807) is 17.5 Å². The topological polar surface area (TPSA) is 79.2 Å².